The van der Waals surface area contributed by atoms with Crippen LogP contribution in [0.15, 0.2) is 65.9 Å². The monoisotopic (exact) mass is 476 g/mol. The molecule has 1 saturated heterocycles. The highest BCUT2D eigenvalue weighted by molar-refractivity contribution is 7.81. The van der Waals surface area contributed by atoms with Crippen LogP contribution >= 0.6 is 12.2 Å². The van der Waals surface area contributed by atoms with E-state index in [0.29, 0.717) is 16.5 Å². The average molecular weight is 477 g/mol. The zero-order chi connectivity index (χ0) is 24.1. The summed E-state index contributed by atoms with van der Waals surface area (Å²) in [4.78, 5) is 18.7. The molecular formula is C29H33FN2OS. The zero-order valence-electron chi connectivity index (χ0n) is 20.3. The molecule has 2 aromatic carbocycles. The molecule has 0 unspecified atom stereocenters. The van der Waals surface area contributed by atoms with Crippen molar-refractivity contribution in [3.63, 3.8) is 0 Å². The van der Waals surface area contributed by atoms with Gasteiger partial charge in [-0.3, -0.25) is 9.69 Å². The Hall–Kier alpha value is -2.53. The summed E-state index contributed by atoms with van der Waals surface area (Å²) in [6.45, 7) is 9.26. The van der Waals surface area contributed by atoms with Gasteiger partial charge in [0.25, 0.3) is 5.91 Å². The van der Waals surface area contributed by atoms with E-state index in [1.807, 2.05) is 30.3 Å². The van der Waals surface area contributed by atoms with E-state index in [9.17, 15) is 9.18 Å². The maximum Gasteiger partial charge on any atom is 0.263 e. The van der Waals surface area contributed by atoms with Gasteiger partial charge in [0.2, 0.25) is 0 Å². The molecule has 0 radical (unpaired) electrons. The first-order chi connectivity index (χ1) is 16.3. The van der Waals surface area contributed by atoms with E-state index in [1.165, 1.54) is 42.7 Å². The SMILES string of the molecule is CC1(C)[C@@H]2CC[C@@]1(C)C(N1CCCCC1)=C2C(=S)N(C(=O)c1ccc(F)cc1)c1ccccc1. The lowest BCUT2D eigenvalue weighted by molar-refractivity contribution is 0.100. The van der Waals surface area contributed by atoms with Crippen molar-refractivity contribution in [2.75, 3.05) is 18.0 Å². The van der Waals surface area contributed by atoms with Crippen LogP contribution in [0.4, 0.5) is 10.1 Å². The number of nitrogens with zero attached hydrogens (tertiary/aromatic N) is 2. The Morgan fingerprint density at radius 2 is 1.65 bits per heavy atom. The lowest BCUT2D eigenvalue weighted by Crippen LogP contribution is -2.42. The summed E-state index contributed by atoms with van der Waals surface area (Å²) in [6, 6.07) is 15.4. The van der Waals surface area contributed by atoms with E-state index < -0.39 is 0 Å². The molecule has 0 spiro atoms. The van der Waals surface area contributed by atoms with Crippen molar-refractivity contribution in [1.29, 1.82) is 0 Å². The first kappa shape index (κ1) is 23.2. The van der Waals surface area contributed by atoms with Gasteiger partial charge in [0.05, 0.1) is 5.69 Å². The minimum Gasteiger partial charge on any atom is -0.374 e. The molecule has 1 aliphatic heterocycles. The van der Waals surface area contributed by atoms with Crippen molar-refractivity contribution in [3.05, 3.63) is 77.2 Å². The molecule has 2 atom stereocenters. The van der Waals surface area contributed by atoms with Gasteiger partial charge in [0, 0.05) is 35.3 Å². The number of thiocarbonyl (C=S) groups is 1. The molecule has 178 valence electrons. The lowest BCUT2D eigenvalue weighted by atomic mass is 9.69. The number of halogens is 1. The Morgan fingerprint density at radius 1 is 1.00 bits per heavy atom. The fourth-order valence-electron chi connectivity index (χ4n) is 6.52. The third-order valence-corrected chi connectivity index (χ3v) is 9.17. The highest BCUT2D eigenvalue weighted by atomic mass is 32.1. The van der Waals surface area contributed by atoms with Crippen LogP contribution in [0.5, 0.6) is 0 Å². The first-order valence-electron chi connectivity index (χ1n) is 12.4. The number of para-hydroxylation sites is 1. The summed E-state index contributed by atoms with van der Waals surface area (Å²) in [5.41, 5.74) is 3.83. The molecule has 34 heavy (non-hydrogen) atoms. The average Bonchev–Trinajstić information content (AvgIpc) is 3.18. The molecule has 3 nitrogen and oxygen atoms in total. The van der Waals surface area contributed by atoms with Gasteiger partial charge in [-0.05, 0) is 79.8 Å². The number of hydrogen-bond donors (Lipinski definition) is 0. The molecule has 5 rings (SSSR count). The van der Waals surface area contributed by atoms with Crippen molar-refractivity contribution in [2.24, 2.45) is 16.7 Å². The maximum atomic E-state index is 13.9. The van der Waals surface area contributed by atoms with Gasteiger partial charge in [-0.2, -0.15) is 0 Å². The summed E-state index contributed by atoms with van der Waals surface area (Å²) in [7, 11) is 0. The molecule has 2 aromatic rings. The highest BCUT2D eigenvalue weighted by Crippen LogP contribution is 2.68. The van der Waals surface area contributed by atoms with Crippen molar-refractivity contribution in [3.8, 4) is 0 Å². The quantitative estimate of drug-likeness (QED) is 0.444. The summed E-state index contributed by atoms with van der Waals surface area (Å²) in [6.07, 6.45) is 5.90. The Labute approximate surface area is 207 Å². The fraction of sp³-hybridized carbons (Fsp3) is 0.448. The smallest absolute Gasteiger partial charge is 0.263 e. The molecule has 1 saturated carbocycles. The number of piperidine rings is 1. The van der Waals surface area contributed by atoms with Crippen molar-refractivity contribution < 1.29 is 9.18 Å². The largest absolute Gasteiger partial charge is 0.374 e. The van der Waals surface area contributed by atoms with Gasteiger partial charge in [0.1, 0.15) is 10.8 Å². The normalized spacial score (nSPS) is 25.5. The number of fused-ring (bicyclic) bond motifs is 2. The number of carbonyl (C=O) groups is 1. The van der Waals surface area contributed by atoms with Gasteiger partial charge >= 0.3 is 0 Å². The Balaban J connectivity index is 1.65. The third-order valence-electron chi connectivity index (χ3n) is 8.77. The predicted molar refractivity (Wildman–Crippen MR) is 139 cm³/mol. The second kappa shape index (κ2) is 8.60. The van der Waals surface area contributed by atoms with Gasteiger partial charge in [-0.25, -0.2) is 4.39 Å². The first-order valence-corrected chi connectivity index (χ1v) is 12.9. The minimum atomic E-state index is -0.358. The fourth-order valence-corrected chi connectivity index (χ4v) is 6.95. The minimum absolute atomic E-state index is 0.0374. The lowest BCUT2D eigenvalue weighted by Gasteiger charge is -2.43. The number of rotatable bonds is 4. The van der Waals surface area contributed by atoms with Gasteiger partial charge in [-0.1, -0.05) is 51.2 Å². The third kappa shape index (κ3) is 3.51. The van der Waals surface area contributed by atoms with Crippen LogP contribution < -0.4 is 4.90 Å². The Morgan fingerprint density at radius 3 is 2.29 bits per heavy atom. The summed E-state index contributed by atoms with van der Waals surface area (Å²) >= 11 is 6.23. The second-order valence-electron chi connectivity index (χ2n) is 10.7. The van der Waals surface area contributed by atoms with Crippen LogP contribution in [0.25, 0.3) is 0 Å². The Bertz CT molecular complexity index is 1130. The van der Waals surface area contributed by atoms with Gasteiger partial charge in [-0.15, -0.1) is 0 Å². The van der Waals surface area contributed by atoms with Crippen molar-refractivity contribution in [2.45, 2.75) is 52.9 Å². The van der Waals surface area contributed by atoms with Crippen LogP contribution in [-0.2, 0) is 0 Å². The van der Waals surface area contributed by atoms with E-state index in [4.69, 9.17) is 12.2 Å². The van der Waals surface area contributed by atoms with Gasteiger partial charge in [0.15, 0.2) is 0 Å². The number of anilines is 1. The molecule has 2 fully saturated rings. The molecule has 0 aromatic heterocycles. The van der Waals surface area contributed by atoms with Crippen LogP contribution in [0.1, 0.15) is 63.2 Å². The van der Waals surface area contributed by atoms with Crippen molar-refractivity contribution in [1.82, 2.24) is 4.90 Å². The van der Waals surface area contributed by atoms with E-state index in [2.05, 4.69) is 25.7 Å². The molecule has 2 bridgehead atoms. The molecule has 0 N–H and O–H groups in total. The summed E-state index contributed by atoms with van der Waals surface area (Å²) < 4.78 is 13.6. The van der Waals surface area contributed by atoms with E-state index >= 15 is 0 Å². The standard InChI is InChI=1S/C29H33FN2OS/c1-28(2)23-16-17-29(28,3)25(31-18-8-5-9-19-31)24(23)27(34)32(22-10-6-4-7-11-22)26(33)20-12-14-21(30)15-13-20/h4,6-7,10-15,23H,5,8-9,16-19H2,1-3H3/t23-,29+/m1/s1. The molecule has 2 aliphatic carbocycles. The molecule has 5 heteroatoms. The van der Waals surface area contributed by atoms with Crippen LogP contribution in [-0.4, -0.2) is 28.9 Å². The molecule has 1 amide bonds. The van der Waals surface area contributed by atoms with Crippen LogP contribution in [0, 0.1) is 22.6 Å². The van der Waals surface area contributed by atoms with E-state index in [0.717, 1.165) is 31.6 Å². The van der Waals surface area contributed by atoms with Gasteiger partial charge < -0.3 is 4.90 Å². The number of hydrogen-bond acceptors (Lipinski definition) is 3. The zero-order valence-corrected chi connectivity index (χ0v) is 21.1. The predicted octanol–water partition coefficient (Wildman–Crippen LogP) is 7.00. The summed E-state index contributed by atoms with van der Waals surface area (Å²) in [5, 5.41) is 0. The highest BCUT2D eigenvalue weighted by Gasteiger charge is 2.63. The molecule has 3 aliphatic rings. The Kier molecular flexibility index (Phi) is 5.87. The van der Waals surface area contributed by atoms with E-state index in [-0.39, 0.29) is 22.6 Å². The number of likely N-dealkylation sites (tertiary alicyclic amines) is 1. The van der Waals surface area contributed by atoms with Crippen LogP contribution in [0.3, 0.4) is 0 Å². The molecule has 1 heterocycles. The second-order valence-corrected chi connectivity index (χ2v) is 11.1. The van der Waals surface area contributed by atoms with Crippen LogP contribution in [0.2, 0.25) is 0 Å². The number of allylic oxidation sites excluding steroid dienone is 1. The number of carbonyl (C=O) groups excluding carboxylic acids is 1. The molecular weight excluding hydrogens is 443 g/mol. The summed E-state index contributed by atoms with van der Waals surface area (Å²) in [5.74, 6) is -0.259. The van der Waals surface area contributed by atoms with Crippen molar-refractivity contribution >= 4 is 28.8 Å². The van der Waals surface area contributed by atoms with E-state index in [1.54, 1.807) is 17.0 Å². The number of amides is 1. The topological polar surface area (TPSA) is 23.6 Å². The number of benzene rings is 2. The maximum absolute atomic E-state index is 13.9.